The van der Waals surface area contributed by atoms with Gasteiger partial charge in [-0.05, 0) is 17.7 Å². The summed E-state index contributed by atoms with van der Waals surface area (Å²) in [6, 6.07) is 5.20. The lowest BCUT2D eigenvalue weighted by Crippen LogP contribution is -2.18. The number of anilines is 1. The molecule has 0 aromatic carbocycles. The number of carbonyl (C=O) groups is 1. The maximum atomic E-state index is 10.8. The maximum Gasteiger partial charge on any atom is 0.337 e. The summed E-state index contributed by atoms with van der Waals surface area (Å²) in [4.78, 5) is 20.8. The molecule has 0 aliphatic heterocycles. The van der Waals surface area contributed by atoms with Crippen LogP contribution in [0, 0.1) is 0 Å². The van der Waals surface area contributed by atoms with Gasteiger partial charge in [-0.3, -0.25) is 4.98 Å². The highest BCUT2D eigenvalue weighted by Gasteiger charge is 2.12. The molecule has 0 atom stereocenters. The molecule has 0 spiro atoms. The van der Waals surface area contributed by atoms with Crippen molar-refractivity contribution in [2.45, 2.75) is 6.54 Å². The molecular formula is C13H12ClN3O2. The number of nitrogens with zero attached hydrogens (tertiary/aromatic N) is 3. The van der Waals surface area contributed by atoms with E-state index >= 15 is 0 Å². The maximum absolute atomic E-state index is 10.8. The first kappa shape index (κ1) is 13.3. The van der Waals surface area contributed by atoms with E-state index in [1.54, 1.807) is 12.4 Å². The summed E-state index contributed by atoms with van der Waals surface area (Å²) in [6.07, 6.45) is 4.76. The number of pyridine rings is 2. The fraction of sp³-hybridized carbons (Fsp3) is 0.154. The van der Waals surface area contributed by atoms with Crippen LogP contribution in [-0.2, 0) is 6.54 Å². The van der Waals surface area contributed by atoms with Crippen molar-refractivity contribution in [2.24, 2.45) is 0 Å². The molecular weight excluding hydrogens is 266 g/mol. The highest BCUT2D eigenvalue weighted by Crippen LogP contribution is 2.24. The molecule has 2 aromatic rings. The van der Waals surface area contributed by atoms with Gasteiger partial charge in [0, 0.05) is 32.2 Å². The highest BCUT2D eigenvalue weighted by molar-refractivity contribution is 6.33. The molecule has 0 amide bonds. The molecule has 0 aliphatic carbocycles. The van der Waals surface area contributed by atoms with Crippen LogP contribution in [0.15, 0.2) is 36.8 Å². The van der Waals surface area contributed by atoms with Gasteiger partial charge in [-0.25, -0.2) is 9.78 Å². The van der Waals surface area contributed by atoms with E-state index in [9.17, 15) is 4.79 Å². The number of rotatable bonds is 4. The van der Waals surface area contributed by atoms with Crippen molar-refractivity contribution >= 4 is 23.4 Å². The van der Waals surface area contributed by atoms with Crippen LogP contribution >= 0.6 is 11.6 Å². The molecule has 2 rings (SSSR count). The standard InChI is InChI=1S/C13H12ClN3O2/c1-17(8-9-3-2-4-15-6-9)12-11(14)5-10(7-16-12)13(18)19/h2-7H,8H2,1H3,(H,18,19). The zero-order valence-electron chi connectivity index (χ0n) is 10.2. The molecule has 2 aromatic heterocycles. The molecule has 0 saturated carbocycles. The summed E-state index contributed by atoms with van der Waals surface area (Å²) in [7, 11) is 1.83. The van der Waals surface area contributed by atoms with E-state index in [-0.39, 0.29) is 5.56 Å². The average molecular weight is 278 g/mol. The zero-order valence-corrected chi connectivity index (χ0v) is 11.0. The van der Waals surface area contributed by atoms with E-state index in [0.717, 1.165) is 5.56 Å². The van der Waals surface area contributed by atoms with Crippen molar-refractivity contribution < 1.29 is 9.90 Å². The lowest BCUT2D eigenvalue weighted by molar-refractivity contribution is 0.0696. The Labute approximate surface area is 115 Å². The van der Waals surface area contributed by atoms with Crippen LogP contribution in [0.3, 0.4) is 0 Å². The Hall–Kier alpha value is -2.14. The predicted octanol–water partition coefficient (Wildman–Crippen LogP) is 2.46. The lowest BCUT2D eigenvalue weighted by atomic mass is 10.2. The first-order chi connectivity index (χ1) is 9.08. The van der Waals surface area contributed by atoms with Crippen molar-refractivity contribution in [2.75, 3.05) is 11.9 Å². The average Bonchev–Trinajstić information content (AvgIpc) is 2.39. The quantitative estimate of drug-likeness (QED) is 0.930. The minimum Gasteiger partial charge on any atom is -0.478 e. The van der Waals surface area contributed by atoms with Crippen molar-refractivity contribution in [1.29, 1.82) is 0 Å². The second kappa shape index (κ2) is 5.67. The summed E-state index contributed by atoms with van der Waals surface area (Å²) in [5.74, 6) is -0.508. The SMILES string of the molecule is CN(Cc1cccnc1)c1ncc(C(=O)O)cc1Cl. The normalized spacial score (nSPS) is 10.2. The van der Waals surface area contributed by atoms with Crippen LogP contribution in [0.2, 0.25) is 5.02 Å². The highest BCUT2D eigenvalue weighted by atomic mass is 35.5. The fourth-order valence-corrected chi connectivity index (χ4v) is 1.98. The number of halogens is 1. The van der Waals surface area contributed by atoms with E-state index < -0.39 is 5.97 Å². The van der Waals surface area contributed by atoms with Crippen molar-refractivity contribution in [1.82, 2.24) is 9.97 Å². The van der Waals surface area contributed by atoms with E-state index in [1.807, 2.05) is 24.1 Å². The van der Waals surface area contributed by atoms with Gasteiger partial charge in [0.15, 0.2) is 0 Å². The number of hydrogen-bond acceptors (Lipinski definition) is 4. The fourth-order valence-electron chi connectivity index (χ4n) is 1.67. The summed E-state index contributed by atoms with van der Waals surface area (Å²) in [5, 5.41) is 9.16. The molecule has 0 fully saturated rings. The Kier molecular flexibility index (Phi) is 3.97. The first-order valence-corrected chi connectivity index (χ1v) is 5.94. The van der Waals surface area contributed by atoms with Crippen LogP contribution in [-0.4, -0.2) is 28.1 Å². The molecule has 0 bridgehead atoms. The van der Waals surface area contributed by atoms with Gasteiger partial charge < -0.3 is 10.0 Å². The monoisotopic (exact) mass is 277 g/mol. The third kappa shape index (κ3) is 3.20. The van der Waals surface area contributed by atoms with Gasteiger partial charge in [0.1, 0.15) is 5.82 Å². The third-order valence-electron chi connectivity index (χ3n) is 2.57. The summed E-state index contributed by atoms with van der Waals surface area (Å²) >= 11 is 6.05. The van der Waals surface area contributed by atoms with Gasteiger partial charge in [-0.1, -0.05) is 17.7 Å². The molecule has 6 heteroatoms. The van der Waals surface area contributed by atoms with E-state index in [2.05, 4.69) is 9.97 Å². The van der Waals surface area contributed by atoms with E-state index in [4.69, 9.17) is 16.7 Å². The molecule has 98 valence electrons. The molecule has 5 nitrogen and oxygen atoms in total. The molecule has 0 radical (unpaired) electrons. The molecule has 0 unspecified atom stereocenters. The van der Waals surface area contributed by atoms with Gasteiger partial charge in [-0.15, -0.1) is 0 Å². The Morgan fingerprint density at radius 3 is 2.84 bits per heavy atom. The topological polar surface area (TPSA) is 66.3 Å². The minimum absolute atomic E-state index is 0.0727. The molecule has 0 saturated heterocycles. The zero-order chi connectivity index (χ0) is 13.8. The Morgan fingerprint density at radius 2 is 2.26 bits per heavy atom. The van der Waals surface area contributed by atoms with Crippen LogP contribution in [0.1, 0.15) is 15.9 Å². The number of carboxylic acids is 1. The first-order valence-electron chi connectivity index (χ1n) is 5.57. The third-order valence-corrected chi connectivity index (χ3v) is 2.85. The second-order valence-corrected chi connectivity index (χ2v) is 4.46. The Balaban J connectivity index is 2.20. The predicted molar refractivity (Wildman–Crippen MR) is 72.6 cm³/mol. The Bertz CT molecular complexity index is 590. The molecule has 0 aliphatic rings. The van der Waals surface area contributed by atoms with E-state index in [0.29, 0.717) is 17.4 Å². The van der Waals surface area contributed by atoms with Gasteiger partial charge in [0.05, 0.1) is 10.6 Å². The summed E-state index contributed by atoms with van der Waals surface area (Å²) < 4.78 is 0. The van der Waals surface area contributed by atoms with Gasteiger partial charge in [0.2, 0.25) is 0 Å². The van der Waals surface area contributed by atoms with E-state index in [1.165, 1.54) is 12.3 Å². The van der Waals surface area contributed by atoms with Crippen molar-refractivity contribution in [3.8, 4) is 0 Å². The Morgan fingerprint density at radius 1 is 1.47 bits per heavy atom. The lowest BCUT2D eigenvalue weighted by Gasteiger charge is -2.19. The van der Waals surface area contributed by atoms with Crippen LogP contribution in [0.25, 0.3) is 0 Å². The molecule has 1 N–H and O–H groups in total. The molecule has 2 heterocycles. The number of hydrogen-bond donors (Lipinski definition) is 1. The smallest absolute Gasteiger partial charge is 0.337 e. The number of aromatic nitrogens is 2. The van der Waals surface area contributed by atoms with Gasteiger partial charge in [0.25, 0.3) is 0 Å². The number of aromatic carboxylic acids is 1. The minimum atomic E-state index is -1.05. The second-order valence-electron chi connectivity index (χ2n) is 4.05. The number of carboxylic acid groups (broad SMARTS) is 1. The van der Waals surface area contributed by atoms with Crippen LogP contribution < -0.4 is 4.90 Å². The largest absolute Gasteiger partial charge is 0.478 e. The van der Waals surface area contributed by atoms with Gasteiger partial charge in [-0.2, -0.15) is 0 Å². The molecule has 19 heavy (non-hydrogen) atoms. The van der Waals surface area contributed by atoms with Crippen LogP contribution in [0.5, 0.6) is 0 Å². The van der Waals surface area contributed by atoms with Crippen LogP contribution in [0.4, 0.5) is 5.82 Å². The van der Waals surface area contributed by atoms with Crippen molar-refractivity contribution in [3.05, 3.63) is 52.9 Å². The summed E-state index contributed by atoms with van der Waals surface area (Å²) in [6.45, 7) is 0.590. The van der Waals surface area contributed by atoms with Crippen molar-refractivity contribution in [3.63, 3.8) is 0 Å². The summed E-state index contributed by atoms with van der Waals surface area (Å²) in [5.41, 5.74) is 1.09. The van der Waals surface area contributed by atoms with Gasteiger partial charge >= 0.3 is 5.97 Å².